The number of fused-ring (bicyclic) bond motifs is 1. The van der Waals surface area contributed by atoms with E-state index >= 15 is 0 Å². The Balaban J connectivity index is 1.41. The highest BCUT2D eigenvalue weighted by molar-refractivity contribution is 8.00. The second kappa shape index (κ2) is 9.04. The molecule has 0 aromatic heterocycles. The van der Waals surface area contributed by atoms with Crippen LogP contribution >= 0.6 is 11.8 Å². The molecule has 0 radical (unpaired) electrons. The number of amides is 1. The highest BCUT2D eigenvalue weighted by atomic mass is 32.2. The molecular weight excluding hydrogens is 365 g/mol. The van der Waals surface area contributed by atoms with E-state index in [1.165, 1.54) is 48.4 Å². The maximum atomic E-state index is 12.9. The number of nitrogens with one attached hydrogen (secondary N) is 1. The number of carbonyl (C=O) groups excluding carboxylic acids is 2. The van der Waals surface area contributed by atoms with Gasteiger partial charge in [-0.25, -0.2) is 4.39 Å². The van der Waals surface area contributed by atoms with E-state index in [2.05, 4.69) is 17.4 Å². The Bertz CT molecular complexity index is 823. The average Bonchev–Trinajstić information content (AvgIpc) is 3.13. The maximum absolute atomic E-state index is 12.9. The van der Waals surface area contributed by atoms with Gasteiger partial charge in [0.2, 0.25) is 0 Å². The number of hydrogen-bond acceptors (Lipinski definition) is 4. The molecule has 1 aliphatic carbocycles. The first-order valence-electron chi connectivity index (χ1n) is 8.97. The molecule has 0 spiro atoms. The van der Waals surface area contributed by atoms with Crippen LogP contribution in [0.2, 0.25) is 0 Å². The zero-order valence-electron chi connectivity index (χ0n) is 15.2. The Morgan fingerprint density at radius 1 is 1.15 bits per heavy atom. The molecule has 6 heteroatoms. The minimum Gasteiger partial charge on any atom is -0.452 e. The van der Waals surface area contributed by atoms with Crippen LogP contribution in [-0.4, -0.2) is 23.7 Å². The lowest BCUT2D eigenvalue weighted by atomic mass is 10.1. The first-order valence-corrected chi connectivity index (χ1v) is 9.96. The normalized spacial score (nSPS) is 13.7. The van der Waals surface area contributed by atoms with Gasteiger partial charge in [0.05, 0.1) is 5.75 Å². The molecule has 0 unspecified atom stereocenters. The number of esters is 1. The predicted octanol–water partition coefficient (Wildman–Crippen LogP) is 3.65. The van der Waals surface area contributed by atoms with Gasteiger partial charge in [-0.2, -0.15) is 0 Å². The fraction of sp³-hybridized carbons (Fsp3) is 0.333. The number of hydrogen-bond donors (Lipinski definition) is 1. The summed E-state index contributed by atoms with van der Waals surface area (Å²) < 4.78 is 18.1. The Labute approximate surface area is 162 Å². The summed E-state index contributed by atoms with van der Waals surface area (Å²) in [6, 6.07) is 12.2. The lowest BCUT2D eigenvalue weighted by Gasteiger charge is -2.13. The minimum absolute atomic E-state index is 0.161. The number of benzene rings is 2. The van der Waals surface area contributed by atoms with E-state index in [4.69, 9.17) is 4.74 Å². The zero-order valence-corrected chi connectivity index (χ0v) is 16.0. The molecule has 3 rings (SSSR count). The minimum atomic E-state index is -0.876. The Kier molecular flexibility index (Phi) is 6.50. The van der Waals surface area contributed by atoms with Crippen molar-refractivity contribution < 1.29 is 18.7 Å². The second-order valence-electron chi connectivity index (χ2n) is 6.55. The van der Waals surface area contributed by atoms with Gasteiger partial charge in [-0.1, -0.05) is 18.2 Å². The molecule has 0 bridgehead atoms. The molecular formula is C21H22FNO3S. The second-order valence-corrected chi connectivity index (χ2v) is 7.60. The Morgan fingerprint density at radius 2 is 1.89 bits per heavy atom. The summed E-state index contributed by atoms with van der Waals surface area (Å²) in [6.45, 7) is 1.79. The highest BCUT2D eigenvalue weighted by Gasteiger charge is 2.18. The summed E-state index contributed by atoms with van der Waals surface area (Å²) in [7, 11) is 0. The van der Waals surface area contributed by atoms with E-state index in [0.29, 0.717) is 0 Å². The monoisotopic (exact) mass is 387 g/mol. The largest absolute Gasteiger partial charge is 0.452 e. The van der Waals surface area contributed by atoms with Gasteiger partial charge in [0.15, 0.2) is 6.10 Å². The lowest BCUT2D eigenvalue weighted by Crippen LogP contribution is -2.35. The predicted molar refractivity (Wildman–Crippen MR) is 103 cm³/mol. The maximum Gasteiger partial charge on any atom is 0.317 e. The molecule has 142 valence electrons. The topological polar surface area (TPSA) is 55.4 Å². The van der Waals surface area contributed by atoms with Crippen LogP contribution in [0.15, 0.2) is 47.4 Å². The van der Waals surface area contributed by atoms with Crippen LogP contribution in [0.25, 0.3) is 0 Å². The van der Waals surface area contributed by atoms with E-state index in [1.54, 1.807) is 12.1 Å². The molecule has 0 aliphatic heterocycles. The molecule has 0 heterocycles. The molecule has 0 fully saturated rings. The third-order valence-corrected chi connectivity index (χ3v) is 5.45. The average molecular weight is 387 g/mol. The van der Waals surface area contributed by atoms with Gasteiger partial charge >= 0.3 is 5.97 Å². The molecule has 2 aromatic carbocycles. The van der Waals surface area contributed by atoms with Crippen LogP contribution in [0.1, 0.15) is 30.0 Å². The summed E-state index contributed by atoms with van der Waals surface area (Å²) in [5, 5.41) is 2.68. The van der Waals surface area contributed by atoms with Crippen LogP contribution in [0, 0.1) is 5.82 Å². The van der Waals surface area contributed by atoms with E-state index < -0.39 is 12.1 Å². The Morgan fingerprint density at radius 3 is 2.67 bits per heavy atom. The van der Waals surface area contributed by atoms with Crippen LogP contribution in [0.3, 0.4) is 0 Å². The SMILES string of the molecule is C[C@@H](OC(=O)CSc1ccc2c(c1)CCC2)C(=O)NCc1ccc(F)cc1. The smallest absolute Gasteiger partial charge is 0.317 e. The quantitative estimate of drug-likeness (QED) is 0.582. The first kappa shape index (κ1) is 19.4. The van der Waals surface area contributed by atoms with Crippen molar-refractivity contribution in [2.75, 3.05) is 5.75 Å². The van der Waals surface area contributed by atoms with Gasteiger partial charge in [-0.15, -0.1) is 11.8 Å². The van der Waals surface area contributed by atoms with Crippen molar-refractivity contribution in [1.82, 2.24) is 5.32 Å². The van der Waals surface area contributed by atoms with E-state index in [-0.39, 0.29) is 24.0 Å². The number of carbonyl (C=O) groups is 2. The standard InChI is InChI=1S/C21H22FNO3S/c1-14(21(25)23-12-15-5-8-18(22)9-6-15)26-20(24)13-27-19-10-7-16-3-2-4-17(16)11-19/h5-11,14H,2-4,12-13H2,1H3,(H,23,25)/t14-/m1/s1. The number of ether oxygens (including phenoxy) is 1. The van der Waals surface area contributed by atoms with Gasteiger partial charge in [-0.05, 0) is 67.1 Å². The highest BCUT2D eigenvalue weighted by Crippen LogP contribution is 2.27. The van der Waals surface area contributed by atoms with E-state index in [9.17, 15) is 14.0 Å². The summed E-state index contributed by atoms with van der Waals surface area (Å²) in [4.78, 5) is 25.1. The van der Waals surface area contributed by atoms with Crippen molar-refractivity contribution in [2.24, 2.45) is 0 Å². The molecule has 1 amide bonds. The van der Waals surface area contributed by atoms with Crippen molar-refractivity contribution in [3.05, 3.63) is 65.0 Å². The third kappa shape index (κ3) is 5.57. The van der Waals surface area contributed by atoms with Crippen molar-refractivity contribution in [2.45, 2.75) is 43.7 Å². The molecule has 4 nitrogen and oxygen atoms in total. The molecule has 2 aromatic rings. The molecule has 1 N–H and O–H groups in total. The molecule has 27 heavy (non-hydrogen) atoms. The fourth-order valence-electron chi connectivity index (χ4n) is 3.00. The van der Waals surface area contributed by atoms with Gasteiger partial charge in [-0.3, -0.25) is 9.59 Å². The van der Waals surface area contributed by atoms with Crippen molar-refractivity contribution in [3.8, 4) is 0 Å². The number of halogens is 1. The summed E-state index contributed by atoms with van der Waals surface area (Å²) in [6.07, 6.45) is 2.54. The third-order valence-electron chi connectivity index (χ3n) is 4.48. The van der Waals surface area contributed by atoms with Gasteiger partial charge < -0.3 is 10.1 Å². The summed E-state index contributed by atoms with van der Waals surface area (Å²) in [5.74, 6) is -0.970. The van der Waals surface area contributed by atoms with E-state index in [1.807, 2.05) is 6.07 Å². The number of thioether (sulfide) groups is 1. The van der Waals surface area contributed by atoms with Crippen molar-refractivity contribution in [3.63, 3.8) is 0 Å². The lowest BCUT2D eigenvalue weighted by molar-refractivity contribution is -0.152. The van der Waals surface area contributed by atoms with Crippen LogP contribution < -0.4 is 5.32 Å². The summed E-state index contributed by atoms with van der Waals surface area (Å²) >= 11 is 1.42. The van der Waals surface area contributed by atoms with Crippen LogP contribution in [0.5, 0.6) is 0 Å². The zero-order chi connectivity index (χ0) is 19.2. The molecule has 0 saturated heterocycles. The van der Waals surface area contributed by atoms with Crippen LogP contribution in [0.4, 0.5) is 4.39 Å². The number of rotatable bonds is 7. The van der Waals surface area contributed by atoms with Gasteiger partial charge in [0.1, 0.15) is 5.82 Å². The van der Waals surface area contributed by atoms with Gasteiger partial charge in [0, 0.05) is 11.4 Å². The van der Waals surface area contributed by atoms with E-state index in [0.717, 1.165) is 23.3 Å². The van der Waals surface area contributed by atoms with Crippen molar-refractivity contribution >= 4 is 23.6 Å². The van der Waals surface area contributed by atoms with Gasteiger partial charge in [0.25, 0.3) is 5.91 Å². The van der Waals surface area contributed by atoms with Crippen molar-refractivity contribution in [1.29, 1.82) is 0 Å². The summed E-state index contributed by atoms with van der Waals surface area (Å²) in [5.41, 5.74) is 3.53. The molecule has 0 saturated carbocycles. The van der Waals surface area contributed by atoms with Crippen LogP contribution in [-0.2, 0) is 33.7 Å². The first-order chi connectivity index (χ1) is 13.0. The fourth-order valence-corrected chi connectivity index (χ4v) is 3.74. The molecule has 1 aliphatic rings. The number of aryl methyl sites for hydroxylation is 2. The molecule has 1 atom stereocenters. The Hall–Kier alpha value is -2.34.